The molecule has 16 heteroatoms. The van der Waals surface area contributed by atoms with Gasteiger partial charge in [-0.05, 0) is 42.3 Å². The molecule has 2 aliphatic rings. The average molecular weight is 707 g/mol. The molecule has 3 aromatic rings. The number of aliphatic carboxylic acids is 1. The van der Waals surface area contributed by atoms with Crippen LogP contribution in [0.2, 0.25) is 0 Å². The Morgan fingerprint density at radius 3 is 2.35 bits per heavy atom. The molecule has 7 N–H and O–H groups in total. The summed E-state index contributed by atoms with van der Waals surface area (Å²) >= 11 is 0. The van der Waals surface area contributed by atoms with E-state index in [9.17, 15) is 19.2 Å². The summed E-state index contributed by atoms with van der Waals surface area (Å²) in [5.74, 6) is 4.51. The van der Waals surface area contributed by atoms with Crippen molar-refractivity contribution in [1.29, 1.82) is 0 Å². The number of hydrogen-bond acceptors (Lipinski definition) is 13. The predicted octanol–water partition coefficient (Wildman–Crippen LogP) is 0.217. The smallest absolute Gasteiger partial charge is 0.308 e. The summed E-state index contributed by atoms with van der Waals surface area (Å²) in [6.45, 7) is -1.20. The van der Waals surface area contributed by atoms with Crippen molar-refractivity contribution in [2.45, 2.75) is 30.0 Å². The number of aliphatic hydroxyl groups excluding tert-OH is 3. The number of nitrogens with one attached hydrogen (secondary N) is 1. The van der Waals surface area contributed by atoms with Gasteiger partial charge in [-0.3, -0.25) is 24.2 Å². The number of esters is 1. The van der Waals surface area contributed by atoms with E-state index < -0.39 is 60.8 Å². The minimum Gasteiger partial charge on any atom is -0.489 e. The SMILES string of the molecule is CN1C(=O)C(NC(=O)c2cc(Oc3ccccc3)ccn2)COc2ccc(C#CC3(OC(=O)CCC(=O)O)COC3)cc21.NC(CO)(CO)CO. The van der Waals surface area contributed by atoms with Crippen molar-refractivity contribution in [1.82, 2.24) is 10.3 Å². The molecular weight excluding hydrogens is 668 g/mol. The number of rotatable bonds is 11. The maximum absolute atomic E-state index is 13.3. The number of hydrogen-bond donors (Lipinski definition) is 6. The van der Waals surface area contributed by atoms with Crippen LogP contribution < -0.4 is 25.4 Å². The first-order chi connectivity index (χ1) is 24.4. The summed E-state index contributed by atoms with van der Waals surface area (Å²) in [6.07, 6.45) is 0.823. The zero-order valence-corrected chi connectivity index (χ0v) is 27.6. The third-order valence-corrected chi connectivity index (χ3v) is 7.50. The summed E-state index contributed by atoms with van der Waals surface area (Å²) in [5, 5.41) is 36.5. The highest BCUT2D eigenvalue weighted by atomic mass is 16.6. The Hall–Kier alpha value is -5.57. The van der Waals surface area contributed by atoms with Crippen LogP contribution in [-0.2, 0) is 23.9 Å². The number of ether oxygens (including phenoxy) is 4. The Balaban J connectivity index is 0.000000652. The Bertz CT molecular complexity index is 1760. The highest BCUT2D eigenvalue weighted by Crippen LogP contribution is 2.32. The molecule has 51 heavy (non-hydrogen) atoms. The monoisotopic (exact) mass is 706 g/mol. The topological polar surface area (TPSA) is 240 Å². The van der Waals surface area contributed by atoms with E-state index in [0.717, 1.165) is 0 Å². The van der Waals surface area contributed by atoms with Crippen LogP contribution in [0, 0.1) is 11.8 Å². The maximum atomic E-state index is 13.3. The second-order valence-electron chi connectivity index (χ2n) is 11.7. The van der Waals surface area contributed by atoms with Gasteiger partial charge in [0.2, 0.25) is 5.60 Å². The van der Waals surface area contributed by atoms with E-state index in [-0.39, 0.29) is 38.4 Å². The standard InChI is InChI=1S/C31H27N3O9.C4H11NO3/c1-34-25-15-20(11-13-31(18-40-19-31)43-28(37)10-9-27(35)36)7-8-26(25)41-17-24(30(34)39)33-29(38)23-16-22(12-14-32-23)42-21-5-3-2-4-6-21;5-4(1-6,2-7)3-8/h2-8,12,14-16,24H,9-10,17-19H2,1H3,(H,33,38)(H,35,36);6-8H,1-3,5H2. The second kappa shape index (κ2) is 17.4. The number of nitrogens with zero attached hydrogens (tertiary/aromatic N) is 2. The lowest BCUT2D eigenvalue weighted by Crippen LogP contribution is -2.52. The first-order valence-electron chi connectivity index (χ1n) is 15.6. The zero-order valence-electron chi connectivity index (χ0n) is 27.6. The highest BCUT2D eigenvalue weighted by Gasteiger charge is 2.41. The van der Waals surface area contributed by atoms with E-state index in [1.807, 2.05) is 18.2 Å². The lowest BCUT2D eigenvalue weighted by molar-refractivity contribution is -0.192. The Morgan fingerprint density at radius 1 is 1.04 bits per heavy atom. The van der Waals surface area contributed by atoms with Crippen molar-refractivity contribution >= 4 is 29.4 Å². The second-order valence-corrected chi connectivity index (χ2v) is 11.7. The van der Waals surface area contributed by atoms with E-state index in [1.54, 1.807) is 43.4 Å². The number of carbonyl (C=O) groups excluding carboxylic acids is 3. The van der Waals surface area contributed by atoms with Crippen LogP contribution in [0.1, 0.15) is 28.9 Å². The number of aromatic nitrogens is 1. The minimum atomic E-state index is -1.21. The molecule has 16 nitrogen and oxygen atoms in total. The molecular formula is C35H38N4O12. The van der Waals surface area contributed by atoms with Gasteiger partial charge in [0, 0.05) is 24.9 Å². The molecule has 0 aliphatic carbocycles. The summed E-state index contributed by atoms with van der Waals surface area (Å²) in [4.78, 5) is 54.6. The number of carboxylic acids is 1. The molecule has 0 saturated carbocycles. The maximum Gasteiger partial charge on any atom is 0.308 e. The molecule has 2 aliphatic heterocycles. The van der Waals surface area contributed by atoms with Gasteiger partial charge < -0.3 is 55.3 Å². The molecule has 2 amide bonds. The number of nitrogens with two attached hydrogens (primary N) is 1. The van der Waals surface area contributed by atoms with Gasteiger partial charge in [0.05, 0.1) is 43.9 Å². The van der Waals surface area contributed by atoms with Crippen molar-refractivity contribution in [2.24, 2.45) is 5.73 Å². The van der Waals surface area contributed by atoms with E-state index in [1.165, 1.54) is 17.2 Å². The Morgan fingerprint density at radius 2 is 1.75 bits per heavy atom. The molecule has 1 atom stereocenters. The number of aliphatic hydroxyl groups is 3. The number of carboxylic acid groups (broad SMARTS) is 1. The highest BCUT2D eigenvalue weighted by molar-refractivity contribution is 6.03. The molecule has 0 bridgehead atoms. The van der Waals surface area contributed by atoms with Crippen molar-refractivity contribution in [3.63, 3.8) is 0 Å². The molecule has 1 saturated heterocycles. The third-order valence-electron chi connectivity index (χ3n) is 7.50. The summed E-state index contributed by atoms with van der Waals surface area (Å²) < 4.78 is 22.2. The van der Waals surface area contributed by atoms with Gasteiger partial charge >= 0.3 is 11.9 Å². The lowest BCUT2D eigenvalue weighted by Gasteiger charge is -2.35. The number of para-hydroxylation sites is 1. The van der Waals surface area contributed by atoms with Gasteiger partial charge in [0.15, 0.2) is 0 Å². The van der Waals surface area contributed by atoms with E-state index in [0.29, 0.717) is 28.5 Å². The Labute approximate surface area is 292 Å². The number of benzene rings is 2. The van der Waals surface area contributed by atoms with Gasteiger partial charge in [-0.25, -0.2) is 0 Å². The van der Waals surface area contributed by atoms with Crippen molar-refractivity contribution in [2.75, 3.05) is 51.6 Å². The van der Waals surface area contributed by atoms with Crippen LogP contribution in [0.25, 0.3) is 0 Å². The molecule has 1 unspecified atom stereocenters. The van der Waals surface area contributed by atoms with Crippen LogP contribution in [0.3, 0.4) is 0 Å². The fourth-order valence-electron chi connectivity index (χ4n) is 4.39. The average Bonchev–Trinajstić information content (AvgIpc) is 3.24. The first-order valence-corrected chi connectivity index (χ1v) is 15.6. The molecule has 0 radical (unpaired) electrons. The van der Waals surface area contributed by atoms with Crippen molar-refractivity contribution < 1.29 is 58.6 Å². The molecule has 1 aromatic heterocycles. The van der Waals surface area contributed by atoms with Gasteiger partial charge in [-0.1, -0.05) is 24.1 Å². The molecule has 1 fully saturated rings. The van der Waals surface area contributed by atoms with Gasteiger partial charge in [-0.15, -0.1) is 0 Å². The normalized spacial score (nSPS) is 15.9. The lowest BCUT2D eigenvalue weighted by atomic mass is 10.0. The van der Waals surface area contributed by atoms with Gasteiger partial charge in [0.25, 0.3) is 11.8 Å². The third kappa shape index (κ3) is 10.5. The fraction of sp³-hybridized carbons (Fsp3) is 0.343. The van der Waals surface area contributed by atoms with Gasteiger partial charge in [-0.2, -0.15) is 0 Å². The number of carbonyl (C=O) groups is 4. The van der Waals surface area contributed by atoms with Crippen LogP contribution in [0.5, 0.6) is 17.2 Å². The summed E-state index contributed by atoms with van der Waals surface area (Å²) in [5.41, 5.74) is 3.78. The Kier molecular flexibility index (Phi) is 13.0. The molecule has 0 spiro atoms. The number of fused-ring (bicyclic) bond motifs is 1. The quantitative estimate of drug-likeness (QED) is 0.116. The van der Waals surface area contributed by atoms with E-state index in [2.05, 4.69) is 22.1 Å². The van der Waals surface area contributed by atoms with E-state index in [4.69, 9.17) is 45.1 Å². The number of pyridine rings is 1. The number of anilines is 1. The molecule has 5 rings (SSSR count). The van der Waals surface area contributed by atoms with Crippen molar-refractivity contribution in [3.8, 4) is 29.1 Å². The summed E-state index contributed by atoms with van der Waals surface area (Å²) in [6, 6.07) is 16.2. The van der Waals surface area contributed by atoms with Crippen LogP contribution in [0.4, 0.5) is 5.69 Å². The van der Waals surface area contributed by atoms with Crippen LogP contribution in [-0.4, -0.2) is 113 Å². The molecule has 3 heterocycles. The number of amides is 2. The van der Waals surface area contributed by atoms with Crippen molar-refractivity contribution in [3.05, 3.63) is 78.1 Å². The van der Waals surface area contributed by atoms with Crippen LogP contribution >= 0.6 is 0 Å². The zero-order chi connectivity index (χ0) is 37.0. The molecule has 270 valence electrons. The number of likely N-dealkylation sites (N-methyl/N-ethyl adjacent to an activating group) is 1. The predicted molar refractivity (Wildman–Crippen MR) is 179 cm³/mol. The summed E-state index contributed by atoms with van der Waals surface area (Å²) in [7, 11) is 1.56. The fourth-order valence-corrected chi connectivity index (χ4v) is 4.39. The van der Waals surface area contributed by atoms with E-state index >= 15 is 0 Å². The molecule has 2 aromatic carbocycles. The minimum absolute atomic E-state index is 0.0583. The first kappa shape index (κ1) is 38.2. The largest absolute Gasteiger partial charge is 0.489 e. The van der Waals surface area contributed by atoms with Gasteiger partial charge in [0.1, 0.15) is 48.8 Å². The van der Waals surface area contributed by atoms with Crippen LogP contribution in [0.15, 0.2) is 66.9 Å².